The first-order chi connectivity index (χ1) is 7.99. The van der Waals surface area contributed by atoms with Crippen LogP contribution in [0.3, 0.4) is 0 Å². The second kappa shape index (κ2) is 4.51. The number of carbonyl (C=O) groups excluding carboxylic acids is 1. The molecule has 2 heterocycles. The molecule has 4 heteroatoms. The number of hydrogen-bond donors (Lipinski definition) is 0. The van der Waals surface area contributed by atoms with Gasteiger partial charge in [0, 0.05) is 20.0 Å². The third kappa shape index (κ3) is 2.35. The molecule has 0 fully saturated rings. The van der Waals surface area contributed by atoms with Crippen molar-refractivity contribution in [3.63, 3.8) is 0 Å². The minimum Gasteiger partial charge on any atom is -0.336 e. The Bertz CT molecular complexity index is 434. The molecule has 0 saturated heterocycles. The first kappa shape index (κ1) is 12.1. The van der Waals surface area contributed by atoms with Crippen molar-refractivity contribution in [3.8, 4) is 0 Å². The fourth-order valence-electron chi connectivity index (χ4n) is 2.47. The Morgan fingerprint density at radius 1 is 1.47 bits per heavy atom. The zero-order chi connectivity index (χ0) is 12.6. The predicted octanol–water partition coefficient (Wildman–Crippen LogP) is 1.66. The number of amides is 1. The number of rotatable bonds is 2. The van der Waals surface area contributed by atoms with Gasteiger partial charge in [-0.05, 0) is 24.8 Å². The van der Waals surface area contributed by atoms with E-state index in [1.165, 1.54) is 11.3 Å². The minimum atomic E-state index is 0.268. The molecule has 1 aliphatic heterocycles. The van der Waals surface area contributed by atoms with E-state index in [0.29, 0.717) is 12.3 Å². The van der Waals surface area contributed by atoms with Crippen LogP contribution in [0.15, 0.2) is 0 Å². The summed E-state index contributed by atoms with van der Waals surface area (Å²) in [5.41, 5.74) is 3.64. The smallest absolute Gasteiger partial charge is 0.223 e. The lowest BCUT2D eigenvalue weighted by Gasteiger charge is -2.28. The van der Waals surface area contributed by atoms with E-state index in [1.54, 1.807) is 0 Å². The highest BCUT2D eigenvalue weighted by Gasteiger charge is 2.25. The molecule has 0 N–H and O–H groups in total. The predicted molar refractivity (Wildman–Crippen MR) is 66.5 cm³/mol. The van der Waals surface area contributed by atoms with Crippen molar-refractivity contribution in [1.82, 2.24) is 14.7 Å². The maximum atomic E-state index is 12.0. The average molecular weight is 235 g/mol. The van der Waals surface area contributed by atoms with Gasteiger partial charge in [-0.2, -0.15) is 5.10 Å². The molecule has 2 rings (SSSR count). The molecule has 0 aromatic carbocycles. The van der Waals surface area contributed by atoms with Crippen LogP contribution in [0, 0.1) is 12.8 Å². The second-order valence-corrected chi connectivity index (χ2v) is 5.30. The molecule has 1 aromatic heterocycles. The molecule has 1 aliphatic rings. The summed E-state index contributed by atoms with van der Waals surface area (Å²) in [6.07, 6.45) is 1.59. The van der Waals surface area contributed by atoms with Crippen molar-refractivity contribution in [2.24, 2.45) is 13.0 Å². The van der Waals surface area contributed by atoms with E-state index in [0.717, 1.165) is 25.2 Å². The molecule has 0 saturated carbocycles. The van der Waals surface area contributed by atoms with Crippen LogP contribution >= 0.6 is 0 Å². The van der Waals surface area contributed by atoms with Crippen LogP contribution in [0.4, 0.5) is 0 Å². The number of nitrogens with zero attached hydrogens (tertiary/aromatic N) is 3. The topological polar surface area (TPSA) is 38.1 Å². The van der Waals surface area contributed by atoms with Gasteiger partial charge in [-0.15, -0.1) is 0 Å². The Morgan fingerprint density at radius 2 is 2.18 bits per heavy atom. The molecular weight excluding hydrogens is 214 g/mol. The van der Waals surface area contributed by atoms with Crippen molar-refractivity contribution < 1.29 is 4.79 Å². The summed E-state index contributed by atoms with van der Waals surface area (Å²) >= 11 is 0. The highest BCUT2D eigenvalue weighted by molar-refractivity contribution is 5.76. The van der Waals surface area contributed by atoms with E-state index in [9.17, 15) is 4.79 Å². The van der Waals surface area contributed by atoms with E-state index in [2.05, 4.69) is 18.9 Å². The Balaban J connectivity index is 2.13. The molecule has 94 valence electrons. The van der Waals surface area contributed by atoms with Crippen LogP contribution in [-0.4, -0.2) is 27.1 Å². The van der Waals surface area contributed by atoms with E-state index < -0.39 is 0 Å². The lowest BCUT2D eigenvalue weighted by Crippen LogP contribution is -2.37. The van der Waals surface area contributed by atoms with Crippen molar-refractivity contribution in [3.05, 3.63) is 17.0 Å². The summed E-state index contributed by atoms with van der Waals surface area (Å²) in [7, 11) is 1.96. The van der Waals surface area contributed by atoms with Gasteiger partial charge in [0.15, 0.2) is 0 Å². The SMILES string of the molecule is Cc1nn(C)c2c1CCN(C(=O)CC(C)C)C2. The van der Waals surface area contributed by atoms with Crippen LogP contribution in [0.1, 0.15) is 37.2 Å². The maximum absolute atomic E-state index is 12.0. The first-order valence-corrected chi connectivity index (χ1v) is 6.28. The normalized spacial score (nSPS) is 15.2. The van der Waals surface area contributed by atoms with Crippen LogP contribution in [0.2, 0.25) is 0 Å². The number of carbonyl (C=O) groups is 1. The van der Waals surface area contributed by atoms with Gasteiger partial charge in [-0.1, -0.05) is 13.8 Å². The van der Waals surface area contributed by atoms with Gasteiger partial charge in [-0.3, -0.25) is 9.48 Å². The number of hydrogen-bond acceptors (Lipinski definition) is 2. The summed E-state index contributed by atoms with van der Waals surface area (Å²) < 4.78 is 1.92. The van der Waals surface area contributed by atoms with Crippen molar-refractivity contribution in [2.75, 3.05) is 6.54 Å². The quantitative estimate of drug-likeness (QED) is 0.782. The monoisotopic (exact) mass is 235 g/mol. The molecule has 1 amide bonds. The highest BCUT2D eigenvalue weighted by Crippen LogP contribution is 2.22. The van der Waals surface area contributed by atoms with Gasteiger partial charge >= 0.3 is 0 Å². The van der Waals surface area contributed by atoms with Crippen molar-refractivity contribution >= 4 is 5.91 Å². The minimum absolute atomic E-state index is 0.268. The average Bonchev–Trinajstić information content (AvgIpc) is 2.53. The molecule has 0 spiro atoms. The molecule has 0 radical (unpaired) electrons. The molecule has 4 nitrogen and oxygen atoms in total. The van der Waals surface area contributed by atoms with Crippen LogP contribution in [0.5, 0.6) is 0 Å². The van der Waals surface area contributed by atoms with Crippen LogP contribution in [-0.2, 0) is 24.8 Å². The third-order valence-electron chi connectivity index (χ3n) is 3.38. The van der Waals surface area contributed by atoms with Gasteiger partial charge in [-0.25, -0.2) is 0 Å². The summed E-state index contributed by atoms with van der Waals surface area (Å²) in [6.45, 7) is 7.77. The molecule has 17 heavy (non-hydrogen) atoms. The Kier molecular flexibility index (Phi) is 3.22. The number of fused-ring (bicyclic) bond motifs is 1. The Morgan fingerprint density at radius 3 is 2.82 bits per heavy atom. The standard InChI is InChI=1S/C13H21N3O/c1-9(2)7-13(17)16-6-5-11-10(3)14-15(4)12(11)8-16/h9H,5-8H2,1-4H3. The van der Waals surface area contributed by atoms with Crippen molar-refractivity contribution in [1.29, 1.82) is 0 Å². The molecule has 0 aliphatic carbocycles. The summed E-state index contributed by atoms with van der Waals surface area (Å²) in [5.74, 6) is 0.696. The zero-order valence-corrected chi connectivity index (χ0v) is 11.2. The number of aryl methyl sites for hydroxylation is 2. The fourth-order valence-corrected chi connectivity index (χ4v) is 2.47. The summed E-state index contributed by atoms with van der Waals surface area (Å²) in [6, 6.07) is 0. The largest absolute Gasteiger partial charge is 0.336 e. The third-order valence-corrected chi connectivity index (χ3v) is 3.38. The van der Waals surface area contributed by atoms with Gasteiger partial charge in [0.1, 0.15) is 0 Å². The van der Waals surface area contributed by atoms with Crippen molar-refractivity contribution in [2.45, 2.75) is 40.2 Å². The van der Waals surface area contributed by atoms with E-state index in [4.69, 9.17) is 0 Å². The van der Waals surface area contributed by atoms with Crippen LogP contribution in [0.25, 0.3) is 0 Å². The fraction of sp³-hybridized carbons (Fsp3) is 0.692. The molecule has 0 unspecified atom stereocenters. The van der Waals surface area contributed by atoms with Gasteiger partial charge < -0.3 is 4.90 Å². The Hall–Kier alpha value is -1.32. The molecule has 0 atom stereocenters. The molecule has 1 aromatic rings. The molecular formula is C13H21N3O. The van der Waals surface area contributed by atoms with Crippen LogP contribution < -0.4 is 0 Å². The summed E-state index contributed by atoms with van der Waals surface area (Å²) in [5, 5.41) is 4.43. The lowest BCUT2D eigenvalue weighted by atomic mass is 10.0. The lowest BCUT2D eigenvalue weighted by molar-refractivity contribution is -0.133. The summed E-state index contributed by atoms with van der Waals surface area (Å²) in [4.78, 5) is 14.0. The molecule has 0 bridgehead atoms. The highest BCUT2D eigenvalue weighted by atomic mass is 16.2. The first-order valence-electron chi connectivity index (χ1n) is 6.28. The second-order valence-electron chi connectivity index (χ2n) is 5.30. The Labute approximate surface area is 103 Å². The van der Waals surface area contributed by atoms with Gasteiger partial charge in [0.2, 0.25) is 5.91 Å². The van der Waals surface area contributed by atoms with Gasteiger partial charge in [0.25, 0.3) is 0 Å². The maximum Gasteiger partial charge on any atom is 0.223 e. The van der Waals surface area contributed by atoms with E-state index >= 15 is 0 Å². The number of aromatic nitrogens is 2. The van der Waals surface area contributed by atoms with E-state index in [1.807, 2.05) is 23.6 Å². The van der Waals surface area contributed by atoms with Gasteiger partial charge in [0.05, 0.1) is 17.9 Å². The zero-order valence-electron chi connectivity index (χ0n) is 11.2. The van der Waals surface area contributed by atoms with E-state index in [-0.39, 0.29) is 5.91 Å².